The van der Waals surface area contributed by atoms with Crippen LogP contribution in [-0.2, 0) is 9.57 Å². The van der Waals surface area contributed by atoms with Gasteiger partial charge in [-0.15, -0.1) is 0 Å². The van der Waals surface area contributed by atoms with Crippen molar-refractivity contribution in [3.63, 3.8) is 0 Å². The molecule has 1 heterocycles. The Bertz CT molecular complexity index is 497. The molecule has 9 heteroatoms. The minimum absolute atomic E-state index is 0.0923. The Balaban J connectivity index is 2.75. The van der Waals surface area contributed by atoms with Crippen molar-refractivity contribution >= 4 is 11.6 Å². The number of nitrogens with one attached hydrogen (secondary N) is 2. The standard InChI is InChI=1S/C9H11N3O6/c1-17-2-3-18-11-9(14)7-4-6(12(15)16)5-10-8(7)13/h4-5H,2-3H2,1H3,(H,10,13)(H,11,14). The number of methoxy groups -OCH3 is 1. The molecule has 0 aromatic carbocycles. The number of pyridine rings is 1. The zero-order chi connectivity index (χ0) is 13.5. The molecule has 0 saturated heterocycles. The summed E-state index contributed by atoms with van der Waals surface area (Å²) in [4.78, 5) is 39.3. The first-order valence-corrected chi connectivity index (χ1v) is 4.84. The highest BCUT2D eigenvalue weighted by Gasteiger charge is 2.15. The summed E-state index contributed by atoms with van der Waals surface area (Å²) in [5.74, 6) is -0.865. The van der Waals surface area contributed by atoms with Gasteiger partial charge in [0.05, 0.1) is 24.3 Å². The molecule has 0 unspecified atom stereocenters. The number of rotatable bonds is 6. The van der Waals surface area contributed by atoms with Gasteiger partial charge in [0.2, 0.25) is 0 Å². The van der Waals surface area contributed by atoms with Gasteiger partial charge >= 0.3 is 0 Å². The van der Waals surface area contributed by atoms with Crippen LogP contribution in [0.3, 0.4) is 0 Å². The summed E-state index contributed by atoms with van der Waals surface area (Å²) in [5, 5.41) is 10.5. The lowest BCUT2D eigenvalue weighted by Crippen LogP contribution is -2.30. The normalized spacial score (nSPS) is 10.1. The lowest BCUT2D eigenvalue weighted by atomic mass is 10.2. The van der Waals surface area contributed by atoms with Crippen molar-refractivity contribution < 1.29 is 19.3 Å². The molecule has 0 spiro atoms. The van der Waals surface area contributed by atoms with Crippen LogP contribution >= 0.6 is 0 Å². The maximum atomic E-state index is 11.5. The van der Waals surface area contributed by atoms with E-state index in [4.69, 9.17) is 4.84 Å². The van der Waals surface area contributed by atoms with E-state index >= 15 is 0 Å². The molecule has 0 aliphatic rings. The first-order chi connectivity index (χ1) is 8.56. The van der Waals surface area contributed by atoms with Crippen LogP contribution in [0.2, 0.25) is 0 Å². The number of hydrogen-bond acceptors (Lipinski definition) is 6. The zero-order valence-corrected chi connectivity index (χ0v) is 9.47. The topological polar surface area (TPSA) is 124 Å². The number of aromatic nitrogens is 1. The van der Waals surface area contributed by atoms with Gasteiger partial charge in [0, 0.05) is 13.2 Å². The molecule has 0 fully saturated rings. The third-order valence-corrected chi connectivity index (χ3v) is 1.90. The van der Waals surface area contributed by atoms with E-state index in [1.807, 2.05) is 5.48 Å². The fraction of sp³-hybridized carbons (Fsp3) is 0.333. The average Bonchev–Trinajstić information content (AvgIpc) is 2.34. The smallest absolute Gasteiger partial charge is 0.286 e. The summed E-state index contributed by atoms with van der Waals surface area (Å²) in [5.41, 5.74) is 0.444. The molecule has 98 valence electrons. The zero-order valence-electron chi connectivity index (χ0n) is 9.47. The van der Waals surface area contributed by atoms with E-state index < -0.39 is 27.6 Å². The maximum Gasteiger partial charge on any atom is 0.286 e. The van der Waals surface area contributed by atoms with Crippen molar-refractivity contribution in [1.82, 2.24) is 10.5 Å². The van der Waals surface area contributed by atoms with Crippen LogP contribution in [0.15, 0.2) is 17.1 Å². The Morgan fingerprint density at radius 1 is 1.56 bits per heavy atom. The number of hydrogen-bond donors (Lipinski definition) is 2. The highest BCUT2D eigenvalue weighted by Crippen LogP contribution is 2.07. The molecule has 0 radical (unpaired) electrons. The number of H-pyrrole nitrogens is 1. The van der Waals surface area contributed by atoms with Gasteiger partial charge in [-0.05, 0) is 0 Å². The molecule has 0 saturated carbocycles. The predicted octanol–water partition coefficient (Wildman–Crippen LogP) is -0.409. The van der Waals surface area contributed by atoms with Crippen LogP contribution in [0.25, 0.3) is 0 Å². The number of nitrogens with zero attached hydrogens (tertiary/aromatic N) is 1. The molecule has 0 aliphatic heterocycles. The third kappa shape index (κ3) is 3.64. The van der Waals surface area contributed by atoms with Crippen molar-refractivity contribution in [2.45, 2.75) is 0 Å². The Hall–Kier alpha value is -2.26. The van der Waals surface area contributed by atoms with Gasteiger partial charge in [0.25, 0.3) is 17.2 Å². The molecule has 1 aromatic rings. The highest BCUT2D eigenvalue weighted by atomic mass is 16.7. The molecule has 1 aromatic heterocycles. The lowest BCUT2D eigenvalue weighted by Gasteiger charge is -2.04. The Morgan fingerprint density at radius 2 is 2.28 bits per heavy atom. The maximum absolute atomic E-state index is 11.5. The van der Waals surface area contributed by atoms with E-state index in [2.05, 4.69) is 9.72 Å². The molecule has 1 amide bonds. The van der Waals surface area contributed by atoms with Crippen LogP contribution < -0.4 is 11.0 Å². The van der Waals surface area contributed by atoms with Crippen LogP contribution in [0, 0.1) is 10.1 Å². The first-order valence-electron chi connectivity index (χ1n) is 4.84. The summed E-state index contributed by atoms with van der Waals surface area (Å²) in [6.07, 6.45) is 0.908. The van der Waals surface area contributed by atoms with Crippen LogP contribution in [-0.4, -0.2) is 36.1 Å². The minimum atomic E-state index is -0.865. The molecular weight excluding hydrogens is 246 g/mol. The quantitative estimate of drug-likeness (QED) is 0.405. The third-order valence-electron chi connectivity index (χ3n) is 1.90. The van der Waals surface area contributed by atoms with Gasteiger partial charge in [-0.3, -0.25) is 24.5 Å². The number of hydroxylamine groups is 1. The Labute approximate surface area is 101 Å². The predicted molar refractivity (Wildman–Crippen MR) is 59.0 cm³/mol. The van der Waals surface area contributed by atoms with E-state index in [1.165, 1.54) is 7.11 Å². The van der Waals surface area contributed by atoms with E-state index in [1.54, 1.807) is 0 Å². The largest absolute Gasteiger partial charge is 0.382 e. The fourth-order valence-electron chi connectivity index (χ4n) is 1.04. The van der Waals surface area contributed by atoms with Crippen molar-refractivity contribution in [1.29, 1.82) is 0 Å². The average molecular weight is 257 g/mol. The molecular formula is C9H11N3O6. The second-order valence-electron chi connectivity index (χ2n) is 3.13. The van der Waals surface area contributed by atoms with Gasteiger partial charge in [-0.25, -0.2) is 5.48 Å². The SMILES string of the molecule is COCCONC(=O)c1cc([N+](=O)[O-])c[nH]c1=O. The lowest BCUT2D eigenvalue weighted by molar-refractivity contribution is -0.385. The van der Waals surface area contributed by atoms with Crippen molar-refractivity contribution in [2.24, 2.45) is 0 Å². The van der Waals surface area contributed by atoms with Gasteiger partial charge in [0.15, 0.2) is 0 Å². The van der Waals surface area contributed by atoms with Crippen molar-refractivity contribution in [2.75, 3.05) is 20.3 Å². The van der Waals surface area contributed by atoms with Gasteiger partial charge in [0.1, 0.15) is 5.56 Å². The van der Waals surface area contributed by atoms with E-state index in [0.29, 0.717) is 0 Å². The minimum Gasteiger partial charge on any atom is -0.382 e. The van der Waals surface area contributed by atoms with E-state index in [-0.39, 0.29) is 13.2 Å². The van der Waals surface area contributed by atoms with Crippen molar-refractivity contribution in [3.05, 3.63) is 38.3 Å². The van der Waals surface area contributed by atoms with Gasteiger partial charge in [-0.1, -0.05) is 0 Å². The first kappa shape index (κ1) is 13.8. The number of amides is 1. The van der Waals surface area contributed by atoms with Gasteiger partial charge < -0.3 is 9.72 Å². The number of carbonyl (C=O) groups excluding carboxylic acids is 1. The van der Waals surface area contributed by atoms with E-state index in [9.17, 15) is 19.7 Å². The number of ether oxygens (including phenoxy) is 1. The van der Waals surface area contributed by atoms with Crippen LogP contribution in [0.5, 0.6) is 0 Å². The van der Waals surface area contributed by atoms with Gasteiger partial charge in [-0.2, -0.15) is 0 Å². The summed E-state index contributed by atoms with van der Waals surface area (Å²) < 4.78 is 4.67. The summed E-state index contributed by atoms with van der Waals surface area (Å²) >= 11 is 0. The summed E-state index contributed by atoms with van der Waals surface area (Å²) in [6.45, 7) is 0.348. The molecule has 2 N–H and O–H groups in total. The molecule has 18 heavy (non-hydrogen) atoms. The molecule has 9 nitrogen and oxygen atoms in total. The van der Waals surface area contributed by atoms with Crippen molar-refractivity contribution in [3.8, 4) is 0 Å². The molecule has 1 rings (SSSR count). The highest BCUT2D eigenvalue weighted by molar-refractivity contribution is 5.93. The molecule has 0 atom stereocenters. The van der Waals surface area contributed by atoms with E-state index in [0.717, 1.165) is 12.3 Å². The second-order valence-corrected chi connectivity index (χ2v) is 3.13. The number of carbonyl (C=O) groups is 1. The molecule has 0 aliphatic carbocycles. The van der Waals surface area contributed by atoms with Crippen LogP contribution in [0.4, 0.5) is 5.69 Å². The second kappa shape index (κ2) is 6.47. The summed E-state index contributed by atoms with van der Waals surface area (Å²) in [7, 11) is 1.45. The Morgan fingerprint density at radius 3 is 2.89 bits per heavy atom. The summed E-state index contributed by atoms with van der Waals surface area (Å²) in [6, 6.07) is 0.869. The number of aromatic amines is 1. The molecule has 0 bridgehead atoms. The fourth-order valence-corrected chi connectivity index (χ4v) is 1.04. The Kier molecular flexibility index (Phi) is 4.96. The monoisotopic (exact) mass is 257 g/mol. The van der Waals surface area contributed by atoms with Crippen LogP contribution in [0.1, 0.15) is 10.4 Å². The number of nitro groups is 1.